The number of esters is 1. The van der Waals surface area contributed by atoms with E-state index in [1.807, 2.05) is 0 Å². The van der Waals surface area contributed by atoms with Gasteiger partial charge in [0.25, 0.3) is 6.29 Å². The molecule has 0 spiro atoms. The summed E-state index contributed by atoms with van der Waals surface area (Å²) >= 11 is 0. The predicted octanol–water partition coefficient (Wildman–Crippen LogP) is -0.0855. The molecule has 4 nitrogen and oxygen atoms in total. The molecule has 0 aromatic heterocycles. The molecule has 1 aliphatic heterocycles. The lowest BCUT2D eigenvalue weighted by Crippen LogP contribution is -2.24. The van der Waals surface area contributed by atoms with Gasteiger partial charge in [-0.2, -0.15) is 0 Å². The Hall–Kier alpha value is -1.29. The Morgan fingerprint density at radius 2 is 2.45 bits per heavy atom. The lowest BCUT2D eigenvalue weighted by Gasteiger charge is -2.14. The van der Waals surface area contributed by atoms with Crippen molar-refractivity contribution in [2.75, 3.05) is 6.54 Å². The third-order valence-corrected chi connectivity index (χ3v) is 1.08. The zero-order chi connectivity index (χ0) is 8.10. The number of allylic oxidation sites excluding steroid dienone is 2. The molecule has 0 amide bonds. The smallest absolute Gasteiger partial charge is 0.323 e. The molecule has 0 saturated heterocycles. The van der Waals surface area contributed by atoms with Gasteiger partial charge in [-0.3, -0.25) is 4.79 Å². The van der Waals surface area contributed by atoms with Crippen LogP contribution in [-0.2, 0) is 14.3 Å². The van der Waals surface area contributed by atoms with Crippen LogP contribution in [0.1, 0.15) is 0 Å². The van der Waals surface area contributed by atoms with Gasteiger partial charge >= 0.3 is 5.97 Å². The standard InChI is InChI=1S/C7H9NO3/c8-5-6(9)11-7-3-1-2-4-10-7/h1-4,7H,5,8H2. The zero-order valence-electron chi connectivity index (χ0n) is 5.90. The van der Waals surface area contributed by atoms with E-state index < -0.39 is 12.3 Å². The van der Waals surface area contributed by atoms with Gasteiger partial charge in [-0.25, -0.2) is 0 Å². The number of nitrogens with two attached hydrogens (primary N) is 1. The second-order valence-electron chi connectivity index (χ2n) is 1.91. The second kappa shape index (κ2) is 3.78. The molecule has 1 unspecified atom stereocenters. The van der Waals surface area contributed by atoms with Crippen molar-refractivity contribution in [3.63, 3.8) is 0 Å². The summed E-state index contributed by atoms with van der Waals surface area (Å²) in [6.07, 6.45) is 5.89. The fourth-order valence-corrected chi connectivity index (χ4v) is 0.613. The first kappa shape index (κ1) is 7.81. The van der Waals surface area contributed by atoms with Gasteiger partial charge in [0, 0.05) is 0 Å². The lowest BCUT2D eigenvalue weighted by atomic mass is 10.4. The van der Waals surface area contributed by atoms with Crippen LogP contribution in [0.2, 0.25) is 0 Å². The minimum atomic E-state index is -0.615. The summed E-state index contributed by atoms with van der Waals surface area (Å²) in [5.41, 5.74) is 5.02. The Labute approximate surface area is 64.3 Å². The fraction of sp³-hybridized carbons (Fsp3) is 0.286. The number of ether oxygens (including phenoxy) is 2. The van der Waals surface area contributed by atoms with E-state index in [9.17, 15) is 4.79 Å². The fourth-order valence-electron chi connectivity index (χ4n) is 0.613. The van der Waals surface area contributed by atoms with Gasteiger partial charge in [0.15, 0.2) is 0 Å². The number of carbonyl (C=O) groups excluding carboxylic acids is 1. The first-order valence-corrected chi connectivity index (χ1v) is 3.21. The van der Waals surface area contributed by atoms with E-state index in [0.717, 1.165) is 0 Å². The monoisotopic (exact) mass is 155 g/mol. The number of hydrogen-bond acceptors (Lipinski definition) is 4. The highest BCUT2D eigenvalue weighted by molar-refractivity contribution is 5.71. The SMILES string of the molecule is NCC(=O)OC1C=CC=CO1. The molecule has 0 bridgehead atoms. The normalized spacial score (nSPS) is 21.0. The third kappa shape index (κ3) is 2.43. The Morgan fingerprint density at radius 1 is 1.64 bits per heavy atom. The van der Waals surface area contributed by atoms with Gasteiger partial charge < -0.3 is 15.2 Å². The van der Waals surface area contributed by atoms with Crippen molar-refractivity contribution in [3.05, 3.63) is 24.5 Å². The molecule has 0 radical (unpaired) electrons. The molecule has 0 aromatic rings. The van der Waals surface area contributed by atoms with Gasteiger partial charge in [0.2, 0.25) is 0 Å². The van der Waals surface area contributed by atoms with Crippen molar-refractivity contribution in [2.45, 2.75) is 6.29 Å². The highest BCUT2D eigenvalue weighted by Crippen LogP contribution is 2.03. The molecule has 11 heavy (non-hydrogen) atoms. The van der Waals surface area contributed by atoms with Gasteiger partial charge in [0.1, 0.15) is 0 Å². The molecule has 1 atom stereocenters. The summed E-state index contributed by atoms with van der Waals surface area (Å²) in [5.74, 6) is -0.477. The van der Waals surface area contributed by atoms with Crippen molar-refractivity contribution in [3.8, 4) is 0 Å². The van der Waals surface area contributed by atoms with Crippen LogP contribution in [0.3, 0.4) is 0 Å². The van der Waals surface area contributed by atoms with Crippen LogP contribution in [0.5, 0.6) is 0 Å². The summed E-state index contributed by atoms with van der Waals surface area (Å²) in [4.78, 5) is 10.6. The molecule has 0 saturated carbocycles. The predicted molar refractivity (Wildman–Crippen MR) is 38.3 cm³/mol. The highest BCUT2D eigenvalue weighted by atomic mass is 16.7. The van der Waals surface area contributed by atoms with Crippen molar-refractivity contribution in [1.82, 2.24) is 0 Å². The number of rotatable bonds is 2. The molecule has 0 aliphatic carbocycles. The summed E-state index contributed by atoms with van der Waals surface area (Å²) in [7, 11) is 0. The van der Waals surface area contributed by atoms with Crippen molar-refractivity contribution < 1.29 is 14.3 Å². The van der Waals surface area contributed by atoms with Crippen LogP contribution in [-0.4, -0.2) is 18.8 Å². The average molecular weight is 155 g/mol. The summed E-state index contributed by atoms with van der Waals surface area (Å²) in [6.45, 7) is -0.128. The van der Waals surface area contributed by atoms with Gasteiger partial charge in [-0.15, -0.1) is 0 Å². The van der Waals surface area contributed by atoms with Gasteiger partial charge in [0.05, 0.1) is 12.8 Å². The third-order valence-electron chi connectivity index (χ3n) is 1.08. The van der Waals surface area contributed by atoms with E-state index in [0.29, 0.717) is 0 Å². The Kier molecular flexibility index (Phi) is 2.68. The van der Waals surface area contributed by atoms with E-state index in [1.165, 1.54) is 6.26 Å². The zero-order valence-corrected chi connectivity index (χ0v) is 5.90. The molecule has 1 rings (SSSR count). The highest BCUT2D eigenvalue weighted by Gasteiger charge is 2.09. The van der Waals surface area contributed by atoms with E-state index in [4.69, 9.17) is 15.2 Å². The van der Waals surface area contributed by atoms with E-state index in [-0.39, 0.29) is 6.54 Å². The molecule has 4 heteroatoms. The van der Waals surface area contributed by atoms with Crippen LogP contribution < -0.4 is 5.73 Å². The summed E-state index contributed by atoms with van der Waals surface area (Å²) in [5, 5.41) is 0. The van der Waals surface area contributed by atoms with Crippen molar-refractivity contribution in [2.24, 2.45) is 5.73 Å². The van der Waals surface area contributed by atoms with E-state index >= 15 is 0 Å². The maximum atomic E-state index is 10.6. The summed E-state index contributed by atoms with van der Waals surface area (Å²) in [6, 6.07) is 0. The van der Waals surface area contributed by atoms with E-state index in [1.54, 1.807) is 18.2 Å². The Morgan fingerprint density at radius 3 is 3.00 bits per heavy atom. The maximum Gasteiger partial charge on any atom is 0.323 e. The van der Waals surface area contributed by atoms with Crippen LogP contribution in [0, 0.1) is 0 Å². The molecule has 1 aliphatic rings. The van der Waals surface area contributed by atoms with Crippen molar-refractivity contribution in [1.29, 1.82) is 0 Å². The number of carbonyl (C=O) groups is 1. The van der Waals surface area contributed by atoms with E-state index in [2.05, 4.69) is 0 Å². The first-order valence-electron chi connectivity index (χ1n) is 3.21. The lowest BCUT2D eigenvalue weighted by molar-refractivity contribution is -0.160. The maximum absolute atomic E-state index is 10.6. The van der Waals surface area contributed by atoms with Crippen LogP contribution in [0.25, 0.3) is 0 Å². The minimum Gasteiger partial charge on any atom is -0.459 e. The Bertz CT molecular complexity index is 198. The second-order valence-corrected chi connectivity index (χ2v) is 1.91. The Balaban J connectivity index is 2.33. The van der Waals surface area contributed by atoms with Crippen LogP contribution in [0.15, 0.2) is 24.5 Å². The van der Waals surface area contributed by atoms with Gasteiger partial charge in [-0.1, -0.05) is 6.08 Å². The van der Waals surface area contributed by atoms with Gasteiger partial charge in [-0.05, 0) is 12.2 Å². The molecule has 2 N–H and O–H groups in total. The minimum absolute atomic E-state index is 0.128. The molecule has 1 heterocycles. The van der Waals surface area contributed by atoms with Crippen LogP contribution in [0.4, 0.5) is 0 Å². The molecule has 0 aromatic carbocycles. The largest absolute Gasteiger partial charge is 0.459 e. The molecule has 60 valence electrons. The molecular formula is C7H9NO3. The molecular weight excluding hydrogens is 146 g/mol. The summed E-state index contributed by atoms with van der Waals surface area (Å²) < 4.78 is 9.60. The average Bonchev–Trinajstić information content (AvgIpc) is 2.06. The first-order chi connectivity index (χ1) is 5.33. The number of hydrogen-bond donors (Lipinski definition) is 1. The van der Waals surface area contributed by atoms with Crippen molar-refractivity contribution >= 4 is 5.97 Å². The quantitative estimate of drug-likeness (QED) is 0.566. The topological polar surface area (TPSA) is 61.6 Å². The molecule has 0 fully saturated rings. The van der Waals surface area contributed by atoms with Crippen LogP contribution >= 0.6 is 0 Å².